The fraction of sp³-hybridized carbons (Fsp3) is 0.200. The number of hydrogen-bond donors (Lipinski definition) is 4. The first-order chi connectivity index (χ1) is 19.6. The van der Waals surface area contributed by atoms with Crippen molar-refractivity contribution < 1.29 is 23.9 Å². The van der Waals surface area contributed by atoms with Gasteiger partial charge in [0.15, 0.2) is 0 Å². The number of benzene rings is 2. The van der Waals surface area contributed by atoms with Crippen LogP contribution in [0.4, 0.5) is 17.1 Å². The zero-order valence-corrected chi connectivity index (χ0v) is 23.0. The van der Waals surface area contributed by atoms with Gasteiger partial charge in [-0.05, 0) is 35.4 Å². The molecular weight excluding hydrogens is 524 g/mol. The van der Waals surface area contributed by atoms with Crippen LogP contribution in [0.15, 0.2) is 79.1 Å². The summed E-state index contributed by atoms with van der Waals surface area (Å²) in [6, 6.07) is 18.5. The van der Waals surface area contributed by atoms with E-state index < -0.39 is 17.9 Å². The van der Waals surface area contributed by atoms with Crippen LogP contribution < -0.4 is 21.7 Å². The molecule has 1 atom stereocenters. The molecule has 212 valence electrons. The quantitative estimate of drug-likeness (QED) is 0.221. The molecule has 5 N–H and O–H groups in total. The lowest BCUT2D eigenvalue weighted by Gasteiger charge is -2.17. The van der Waals surface area contributed by atoms with E-state index in [0.29, 0.717) is 40.4 Å². The van der Waals surface area contributed by atoms with Crippen molar-refractivity contribution in [2.45, 2.75) is 18.9 Å². The fourth-order valence-electron chi connectivity index (χ4n) is 4.44. The number of carbonyl (C=O) groups is 4. The van der Waals surface area contributed by atoms with Gasteiger partial charge in [-0.15, -0.1) is 0 Å². The third-order valence-corrected chi connectivity index (χ3v) is 6.41. The van der Waals surface area contributed by atoms with Crippen molar-refractivity contribution in [2.75, 3.05) is 23.5 Å². The van der Waals surface area contributed by atoms with E-state index in [1.807, 2.05) is 30.3 Å². The van der Waals surface area contributed by atoms with Gasteiger partial charge in [0.25, 0.3) is 11.8 Å². The molecule has 4 aromatic rings. The van der Waals surface area contributed by atoms with Gasteiger partial charge in [-0.2, -0.15) is 0 Å². The minimum atomic E-state index is -0.830. The van der Waals surface area contributed by atoms with Crippen LogP contribution in [-0.2, 0) is 41.3 Å². The maximum absolute atomic E-state index is 13.0. The second-order valence-corrected chi connectivity index (χ2v) is 9.61. The largest absolute Gasteiger partial charge is 0.467 e. The Morgan fingerprint density at radius 3 is 2.10 bits per heavy atom. The van der Waals surface area contributed by atoms with E-state index >= 15 is 0 Å². The van der Waals surface area contributed by atoms with Gasteiger partial charge in [0.2, 0.25) is 5.91 Å². The lowest BCUT2D eigenvalue weighted by Crippen LogP contribution is -2.43. The summed E-state index contributed by atoms with van der Waals surface area (Å²) in [5, 5.41) is 8.34. The van der Waals surface area contributed by atoms with Crippen LogP contribution in [0, 0.1) is 0 Å². The Hall–Kier alpha value is -5.32. The smallest absolute Gasteiger partial charge is 0.328 e. The molecule has 1 unspecified atom stereocenters. The number of nitrogens with two attached hydrogens (primary N) is 1. The molecule has 0 bridgehead atoms. The number of hydrogen-bond acceptors (Lipinski definition) is 6. The van der Waals surface area contributed by atoms with E-state index in [1.54, 1.807) is 72.0 Å². The molecule has 0 aliphatic carbocycles. The molecule has 2 heterocycles. The molecule has 4 rings (SSSR count). The van der Waals surface area contributed by atoms with Gasteiger partial charge < -0.3 is 35.6 Å². The molecule has 0 aliphatic heterocycles. The van der Waals surface area contributed by atoms with Crippen molar-refractivity contribution in [1.29, 1.82) is 0 Å². The third kappa shape index (κ3) is 7.41. The van der Waals surface area contributed by atoms with E-state index in [2.05, 4.69) is 16.0 Å². The topological polar surface area (TPSA) is 149 Å². The van der Waals surface area contributed by atoms with Crippen molar-refractivity contribution in [1.82, 2.24) is 14.5 Å². The number of methoxy groups -OCH3 is 1. The van der Waals surface area contributed by atoms with Gasteiger partial charge in [0.1, 0.15) is 17.4 Å². The van der Waals surface area contributed by atoms with Crippen molar-refractivity contribution in [3.63, 3.8) is 0 Å². The summed E-state index contributed by atoms with van der Waals surface area (Å²) in [6.45, 7) is 0. The number of aryl methyl sites for hydroxylation is 2. The highest BCUT2D eigenvalue weighted by molar-refractivity contribution is 6.07. The average molecular weight is 557 g/mol. The second-order valence-electron chi connectivity index (χ2n) is 9.61. The maximum Gasteiger partial charge on any atom is 0.328 e. The second kappa shape index (κ2) is 12.7. The van der Waals surface area contributed by atoms with Crippen LogP contribution in [0.3, 0.4) is 0 Å². The van der Waals surface area contributed by atoms with Crippen molar-refractivity contribution in [3.05, 3.63) is 102 Å². The SMILES string of the molecule is COC(=O)C(Cc1ccccc1)NC(=O)Cc1cccc(NC(=O)c2cc(NC(=O)c3cc(N)cn3C)cn2C)c1. The van der Waals surface area contributed by atoms with E-state index in [-0.39, 0.29) is 18.2 Å². The Kier molecular flexibility index (Phi) is 8.88. The van der Waals surface area contributed by atoms with Crippen LogP contribution in [0.1, 0.15) is 32.1 Å². The molecule has 0 radical (unpaired) electrons. The molecular formula is C30H32N6O5. The normalized spacial score (nSPS) is 11.4. The molecule has 41 heavy (non-hydrogen) atoms. The molecule has 0 spiro atoms. The molecule has 0 saturated heterocycles. The summed E-state index contributed by atoms with van der Waals surface area (Å²) in [5.74, 6) is -1.64. The molecule has 2 aromatic carbocycles. The average Bonchev–Trinajstić information content (AvgIpc) is 3.48. The van der Waals surface area contributed by atoms with Gasteiger partial charge in [-0.3, -0.25) is 14.4 Å². The summed E-state index contributed by atoms with van der Waals surface area (Å²) in [6.07, 6.45) is 3.56. The van der Waals surface area contributed by atoms with Gasteiger partial charge in [-0.25, -0.2) is 4.79 Å². The highest BCUT2D eigenvalue weighted by atomic mass is 16.5. The van der Waals surface area contributed by atoms with Crippen LogP contribution in [-0.4, -0.2) is 46.0 Å². The van der Waals surface area contributed by atoms with Crippen LogP contribution in [0.5, 0.6) is 0 Å². The summed E-state index contributed by atoms with van der Waals surface area (Å²) in [7, 11) is 4.69. The monoisotopic (exact) mass is 556 g/mol. The first-order valence-corrected chi connectivity index (χ1v) is 12.8. The standard InChI is InChI=1S/C30H32N6O5/c1-35-17-21(31)15-25(35)28(38)33-23-16-26(36(2)18-23)29(39)32-22-11-7-10-20(12-22)14-27(37)34-24(30(40)41-3)13-19-8-5-4-6-9-19/h4-12,15-18,24H,13-14,31H2,1-3H3,(H,32,39)(H,33,38)(H,34,37). The number of nitrogens with one attached hydrogen (secondary N) is 3. The molecule has 3 amide bonds. The van der Waals surface area contributed by atoms with Crippen LogP contribution in [0.25, 0.3) is 0 Å². The van der Waals surface area contributed by atoms with E-state index in [9.17, 15) is 19.2 Å². The number of esters is 1. The van der Waals surface area contributed by atoms with E-state index in [1.165, 1.54) is 7.11 Å². The summed E-state index contributed by atoms with van der Waals surface area (Å²) in [5.41, 5.74) is 9.40. The first kappa shape index (κ1) is 28.7. The highest BCUT2D eigenvalue weighted by Crippen LogP contribution is 2.18. The first-order valence-electron chi connectivity index (χ1n) is 12.8. The Labute approximate surface area is 237 Å². The number of rotatable bonds is 10. The minimum absolute atomic E-state index is 0.00397. The number of aromatic nitrogens is 2. The van der Waals surface area contributed by atoms with Crippen molar-refractivity contribution in [3.8, 4) is 0 Å². The Bertz CT molecular complexity index is 1570. The highest BCUT2D eigenvalue weighted by Gasteiger charge is 2.22. The number of amides is 3. The van der Waals surface area contributed by atoms with Crippen molar-refractivity contribution >= 4 is 40.8 Å². The lowest BCUT2D eigenvalue weighted by molar-refractivity contribution is -0.145. The van der Waals surface area contributed by atoms with Gasteiger partial charge in [0.05, 0.1) is 24.9 Å². The lowest BCUT2D eigenvalue weighted by atomic mass is 10.1. The fourth-order valence-corrected chi connectivity index (χ4v) is 4.44. The number of carbonyl (C=O) groups excluding carboxylic acids is 4. The number of nitrogens with zero attached hydrogens (tertiary/aromatic N) is 2. The molecule has 2 aromatic heterocycles. The zero-order chi connectivity index (χ0) is 29.5. The third-order valence-electron chi connectivity index (χ3n) is 6.41. The minimum Gasteiger partial charge on any atom is -0.467 e. The zero-order valence-electron chi connectivity index (χ0n) is 23.0. The Balaban J connectivity index is 1.38. The van der Waals surface area contributed by atoms with Gasteiger partial charge in [0, 0.05) is 38.6 Å². The summed E-state index contributed by atoms with van der Waals surface area (Å²) < 4.78 is 8.09. The van der Waals surface area contributed by atoms with Crippen LogP contribution >= 0.6 is 0 Å². The summed E-state index contributed by atoms with van der Waals surface area (Å²) >= 11 is 0. The number of anilines is 3. The molecule has 11 nitrogen and oxygen atoms in total. The number of nitrogen functional groups attached to an aromatic ring is 1. The molecule has 0 aliphatic rings. The van der Waals surface area contributed by atoms with Crippen molar-refractivity contribution in [2.24, 2.45) is 14.1 Å². The molecule has 0 fully saturated rings. The Morgan fingerprint density at radius 2 is 1.44 bits per heavy atom. The molecule has 11 heteroatoms. The van der Waals surface area contributed by atoms with Gasteiger partial charge >= 0.3 is 5.97 Å². The number of ether oxygens (including phenoxy) is 1. The predicted molar refractivity (Wildman–Crippen MR) is 155 cm³/mol. The molecule has 0 saturated carbocycles. The van der Waals surface area contributed by atoms with E-state index in [0.717, 1.165) is 5.56 Å². The predicted octanol–water partition coefficient (Wildman–Crippen LogP) is 2.89. The maximum atomic E-state index is 13.0. The van der Waals surface area contributed by atoms with E-state index in [4.69, 9.17) is 10.5 Å². The van der Waals surface area contributed by atoms with Gasteiger partial charge in [-0.1, -0.05) is 42.5 Å². The summed E-state index contributed by atoms with van der Waals surface area (Å²) in [4.78, 5) is 50.7. The Morgan fingerprint density at radius 1 is 0.805 bits per heavy atom. The van der Waals surface area contributed by atoms with Crippen LogP contribution in [0.2, 0.25) is 0 Å².